The van der Waals surface area contributed by atoms with E-state index in [2.05, 4.69) is 5.32 Å². The lowest BCUT2D eigenvalue weighted by atomic mass is 10.1. The molecule has 3 N–H and O–H groups in total. The van der Waals surface area contributed by atoms with Crippen LogP contribution in [0.25, 0.3) is 0 Å². The molecule has 17 heavy (non-hydrogen) atoms. The first-order chi connectivity index (χ1) is 7.63. The molecule has 7 nitrogen and oxygen atoms in total. The van der Waals surface area contributed by atoms with E-state index >= 15 is 0 Å². The van der Waals surface area contributed by atoms with Gasteiger partial charge in [-0.25, -0.2) is 4.79 Å². The minimum atomic E-state index is -1.52. The van der Waals surface area contributed by atoms with E-state index in [1.54, 1.807) is 20.8 Å². The molecule has 0 fully saturated rings. The maximum atomic E-state index is 11.2. The van der Waals surface area contributed by atoms with Crippen LogP contribution in [0.15, 0.2) is 0 Å². The average Bonchev–Trinajstić information content (AvgIpc) is 2.07. The molecule has 98 valence electrons. The van der Waals surface area contributed by atoms with Crippen molar-refractivity contribution in [3.63, 3.8) is 0 Å². The van der Waals surface area contributed by atoms with Crippen molar-refractivity contribution in [2.24, 2.45) is 5.92 Å². The van der Waals surface area contributed by atoms with E-state index in [4.69, 9.17) is 14.9 Å². The smallest absolute Gasteiger partial charge is 0.407 e. The van der Waals surface area contributed by atoms with Crippen LogP contribution < -0.4 is 5.32 Å². The minimum absolute atomic E-state index is 0.0713. The Balaban J connectivity index is 4.02. The van der Waals surface area contributed by atoms with Gasteiger partial charge in [0.2, 0.25) is 0 Å². The third-order valence-corrected chi connectivity index (χ3v) is 1.70. The molecule has 0 atom stereocenters. The fraction of sp³-hybridized carbons (Fsp3) is 0.700. The summed E-state index contributed by atoms with van der Waals surface area (Å²) in [7, 11) is 0. The molecule has 0 saturated carbocycles. The highest BCUT2D eigenvalue weighted by Crippen LogP contribution is 2.07. The summed E-state index contributed by atoms with van der Waals surface area (Å²) >= 11 is 0. The van der Waals surface area contributed by atoms with Crippen LogP contribution in [0.1, 0.15) is 27.2 Å². The Morgan fingerprint density at radius 1 is 1.18 bits per heavy atom. The number of ether oxygens (including phenoxy) is 1. The molecule has 0 aliphatic heterocycles. The van der Waals surface area contributed by atoms with Crippen LogP contribution in [0.3, 0.4) is 0 Å². The lowest BCUT2D eigenvalue weighted by Gasteiger charge is -2.19. The molecule has 1 amide bonds. The summed E-state index contributed by atoms with van der Waals surface area (Å²) in [5.41, 5.74) is -0.650. The Bertz CT molecular complexity index is 292. The number of rotatable bonds is 5. The van der Waals surface area contributed by atoms with E-state index in [1.807, 2.05) is 0 Å². The summed E-state index contributed by atoms with van der Waals surface area (Å²) in [4.78, 5) is 32.2. The second-order valence-corrected chi connectivity index (χ2v) is 4.45. The maximum absolute atomic E-state index is 11.2. The highest BCUT2D eigenvalue weighted by Gasteiger charge is 2.25. The van der Waals surface area contributed by atoms with E-state index in [-0.39, 0.29) is 13.0 Å². The van der Waals surface area contributed by atoms with Crippen LogP contribution in [-0.2, 0) is 14.3 Å². The van der Waals surface area contributed by atoms with Crippen molar-refractivity contribution < 1.29 is 29.3 Å². The first kappa shape index (κ1) is 15.2. The fourth-order valence-electron chi connectivity index (χ4n) is 0.985. The molecule has 0 unspecified atom stereocenters. The van der Waals surface area contributed by atoms with E-state index in [1.165, 1.54) is 0 Å². The summed E-state index contributed by atoms with van der Waals surface area (Å²) in [5, 5.41) is 19.4. The second-order valence-electron chi connectivity index (χ2n) is 4.45. The molecule has 0 spiro atoms. The molecule has 0 radical (unpaired) electrons. The van der Waals surface area contributed by atoms with E-state index in [0.717, 1.165) is 0 Å². The van der Waals surface area contributed by atoms with Gasteiger partial charge in [-0.15, -0.1) is 0 Å². The third-order valence-electron chi connectivity index (χ3n) is 1.70. The van der Waals surface area contributed by atoms with Crippen molar-refractivity contribution in [2.45, 2.75) is 32.8 Å². The van der Waals surface area contributed by atoms with Crippen molar-refractivity contribution in [1.82, 2.24) is 5.32 Å². The number of aliphatic carboxylic acids is 2. The fourth-order valence-corrected chi connectivity index (χ4v) is 0.985. The molecule has 7 heteroatoms. The number of carboxylic acids is 2. The van der Waals surface area contributed by atoms with Crippen molar-refractivity contribution >= 4 is 18.0 Å². The van der Waals surface area contributed by atoms with Gasteiger partial charge in [0, 0.05) is 6.54 Å². The number of carbonyl (C=O) groups excluding carboxylic acids is 1. The normalized spacial score (nSPS) is 11.1. The lowest BCUT2D eigenvalue weighted by molar-refractivity contribution is -0.154. The van der Waals surface area contributed by atoms with Crippen molar-refractivity contribution in [2.75, 3.05) is 6.54 Å². The molecule has 0 aromatic heterocycles. The van der Waals surface area contributed by atoms with Gasteiger partial charge in [0.1, 0.15) is 5.60 Å². The Kier molecular flexibility index (Phi) is 5.43. The predicted molar refractivity (Wildman–Crippen MR) is 57.6 cm³/mol. The zero-order chi connectivity index (χ0) is 13.6. The predicted octanol–water partition coefficient (Wildman–Crippen LogP) is 0.687. The minimum Gasteiger partial charge on any atom is -0.481 e. The Labute approximate surface area is 98.8 Å². The summed E-state index contributed by atoms with van der Waals surface area (Å²) in [6.45, 7) is 4.98. The van der Waals surface area contributed by atoms with E-state index in [0.29, 0.717) is 0 Å². The van der Waals surface area contributed by atoms with Gasteiger partial charge in [-0.3, -0.25) is 9.59 Å². The molecule has 0 aliphatic carbocycles. The zero-order valence-corrected chi connectivity index (χ0v) is 10.0. The molecule has 0 aromatic carbocycles. The van der Waals surface area contributed by atoms with Crippen LogP contribution >= 0.6 is 0 Å². The largest absolute Gasteiger partial charge is 0.481 e. The highest BCUT2D eigenvalue weighted by molar-refractivity contribution is 5.92. The Morgan fingerprint density at radius 3 is 2.00 bits per heavy atom. The summed E-state index contributed by atoms with van der Waals surface area (Å²) in [5.74, 6) is -4.38. The van der Waals surface area contributed by atoms with E-state index < -0.39 is 29.6 Å². The Morgan fingerprint density at radius 2 is 1.65 bits per heavy atom. The van der Waals surface area contributed by atoms with Crippen LogP contribution in [0.5, 0.6) is 0 Å². The first-order valence-electron chi connectivity index (χ1n) is 5.06. The van der Waals surface area contributed by atoms with Crippen LogP contribution in [0.2, 0.25) is 0 Å². The molecule has 0 heterocycles. The van der Waals surface area contributed by atoms with Crippen molar-refractivity contribution in [3.8, 4) is 0 Å². The SMILES string of the molecule is CC(C)(C)OC(=O)NCCC(C(=O)O)C(=O)O. The summed E-state index contributed by atoms with van der Waals surface area (Å²) in [6, 6.07) is 0. The van der Waals surface area contributed by atoms with Gasteiger partial charge in [0.25, 0.3) is 0 Å². The number of nitrogens with one attached hydrogen (secondary N) is 1. The van der Waals surface area contributed by atoms with Gasteiger partial charge in [-0.1, -0.05) is 0 Å². The Hall–Kier alpha value is -1.79. The van der Waals surface area contributed by atoms with Gasteiger partial charge in [0.15, 0.2) is 5.92 Å². The van der Waals surface area contributed by atoms with Gasteiger partial charge < -0.3 is 20.3 Å². The molecular weight excluding hydrogens is 230 g/mol. The third kappa shape index (κ3) is 7.15. The maximum Gasteiger partial charge on any atom is 0.407 e. The molecule has 0 rings (SSSR count). The number of carbonyl (C=O) groups is 3. The molecule has 0 saturated heterocycles. The molecule has 0 aliphatic rings. The molecule has 0 bridgehead atoms. The topological polar surface area (TPSA) is 113 Å². The number of amides is 1. The average molecular weight is 247 g/mol. The van der Waals surface area contributed by atoms with E-state index in [9.17, 15) is 14.4 Å². The standard InChI is InChI=1S/C10H17NO6/c1-10(2,3)17-9(16)11-5-4-6(7(12)13)8(14)15/h6H,4-5H2,1-3H3,(H,11,16)(H,12,13)(H,14,15). The van der Waals surface area contributed by atoms with Gasteiger partial charge in [-0.2, -0.15) is 0 Å². The van der Waals surface area contributed by atoms with Gasteiger partial charge >= 0.3 is 18.0 Å². The summed E-state index contributed by atoms with van der Waals surface area (Å²) < 4.78 is 4.90. The van der Waals surface area contributed by atoms with Gasteiger partial charge in [0.05, 0.1) is 0 Å². The summed E-state index contributed by atoms with van der Waals surface area (Å²) in [6.07, 6.45) is -0.892. The lowest BCUT2D eigenvalue weighted by Crippen LogP contribution is -2.35. The van der Waals surface area contributed by atoms with Crippen molar-refractivity contribution in [3.05, 3.63) is 0 Å². The second kappa shape index (κ2) is 6.07. The van der Waals surface area contributed by atoms with Crippen LogP contribution in [0, 0.1) is 5.92 Å². The quantitative estimate of drug-likeness (QED) is 0.616. The zero-order valence-electron chi connectivity index (χ0n) is 10.0. The number of hydrogen-bond donors (Lipinski definition) is 3. The van der Waals surface area contributed by atoms with Crippen LogP contribution in [-0.4, -0.2) is 40.4 Å². The number of carboxylic acid groups (broad SMARTS) is 2. The highest BCUT2D eigenvalue weighted by atomic mass is 16.6. The molecular formula is C10H17NO6. The van der Waals surface area contributed by atoms with Gasteiger partial charge in [-0.05, 0) is 27.2 Å². The first-order valence-corrected chi connectivity index (χ1v) is 5.06. The molecule has 0 aromatic rings. The number of hydrogen-bond acceptors (Lipinski definition) is 4. The number of alkyl carbamates (subject to hydrolysis) is 1. The monoisotopic (exact) mass is 247 g/mol. The van der Waals surface area contributed by atoms with Crippen molar-refractivity contribution in [1.29, 1.82) is 0 Å². The van der Waals surface area contributed by atoms with Crippen LogP contribution in [0.4, 0.5) is 4.79 Å².